The smallest absolute Gasteiger partial charge is 0.217 e. The van der Waals surface area contributed by atoms with Gasteiger partial charge in [-0.1, -0.05) is 18.2 Å². The van der Waals surface area contributed by atoms with Crippen molar-refractivity contribution >= 4 is 27.3 Å². The van der Waals surface area contributed by atoms with E-state index in [9.17, 15) is 8.42 Å². The Balaban J connectivity index is 1.26. The molecule has 1 N–H and O–H groups in total. The van der Waals surface area contributed by atoms with Crippen LogP contribution in [0, 0.1) is 0 Å². The van der Waals surface area contributed by atoms with Crippen molar-refractivity contribution in [3.63, 3.8) is 0 Å². The van der Waals surface area contributed by atoms with Crippen molar-refractivity contribution in [3.8, 4) is 5.75 Å². The third-order valence-electron chi connectivity index (χ3n) is 4.89. The number of rotatable bonds is 8. The number of para-hydroxylation sites is 1. The van der Waals surface area contributed by atoms with Gasteiger partial charge in [0.1, 0.15) is 12.4 Å². The fraction of sp³-hybridized carbons (Fsp3) is 0.286. The van der Waals surface area contributed by atoms with Crippen LogP contribution in [0.3, 0.4) is 0 Å². The lowest BCUT2D eigenvalue weighted by Gasteiger charge is -2.34. The van der Waals surface area contributed by atoms with Crippen molar-refractivity contribution in [2.24, 2.45) is 0 Å². The molecule has 0 bridgehead atoms. The normalized spacial score (nSPS) is 14.9. The largest absolute Gasteiger partial charge is 0.492 e. The lowest BCUT2D eigenvalue weighted by molar-refractivity contribution is 0.331. The predicted molar refractivity (Wildman–Crippen MR) is 119 cm³/mol. The van der Waals surface area contributed by atoms with Crippen molar-refractivity contribution in [3.05, 3.63) is 67.0 Å². The number of nitrogens with zero attached hydrogens (tertiary/aromatic N) is 5. The van der Waals surface area contributed by atoms with Gasteiger partial charge in [0.2, 0.25) is 10.0 Å². The summed E-state index contributed by atoms with van der Waals surface area (Å²) in [5, 5.41) is 11.6. The van der Waals surface area contributed by atoms with Gasteiger partial charge in [-0.2, -0.15) is 4.31 Å². The number of pyridine rings is 1. The number of nitrogens with one attached hydrogen (secondary N) is 1. The van der Waals surface area contributed by atoms with Gasteiger partial charge in [-0.05, 0) is 36.4 Å². The predicted octanol–water partition coefficient (Wildman–Crippen LogP) is 2.15. The van der Waals surface area contributed by atoms with Gasteiger partial charge >= 0.3 is 0 Å². The van der Waals surface area contributed by atoms with Gasteiger partial charge < -0.3 is 15.0 Å². The van der Waals surface area contributed by atoms with Gasteiger partial charge in [0.25, 0.3) is 0 Å². The van der Waals surface area contributed by atoms with Crippen LogP contribution in [0.4, 0.5) is 17.3 Å². The number of ether oxygens (including phenoxy) is 1. The molecule has 1 saturated heterocycles. The number of piperazine rings is 1. The van der Waals surface area contributed by atoms with Crippen molar-refractivity contribution in [2.75, 3.05) is 48.8 Å². The highest BCUT2D eigenvalue weighted by atomic mass is 32.2. The first kappa shape index (κ1) is 21.0. The standard InChI is InChI=1S/C21H24N6O3S/c28-31(29,16-15-30-19-6-2-1-3-7-19)27-13-11-26(12-14-27)21-9-8-20(24-25-21)23-18-5-4-10-22-17-18/h1-10,17H,11-16H2,(H,23,24). The highest BCUT2D eigenvalue weighted by Crippen LogP contribution is 2.18. The molecule has 1 aromatic carbocycles. The van der Waals surface area contributed by atoms with E-state index in [1.807, 2.05) is 59.5 Å². The van der Waals surface area contributed by atoms with Crippen molar-refractivity contribution in [1.29, 1.82) is 0 Å². The first-order valence-electron chi connectivity index (χ1n) is 10.0. The second-order valence-corrected chi connectivity index (χ2v) is 9.10. The van der Waals surface area contributed by atoms with E-state index < -0.39 is 10.0 Å². The number of anilines is 3. The summed E-state index contributed by atoms with van der Waals surface area (Å²) in [6, 6.07) is 16.7. The minimum Gasteiger partial charge on any atom is -0.492 e. The Morgan fingerprint density at radius 3 is 2.42 bits per heavy atom. The lowest BCUT2D eigenvalue weighted by atomic mass is 10.3. The molecule has 2 aromatic heterocycles. The molecule has 0 atom stereocenters. The fourth-order valence-electron chi connectivity index (χ4n) is 3.25. The number of aromatic nitrogens is 3. The van der Waals surface area contributed by atoms with Crippen LogP contribution in [-0.4, -0.2) is 66.4 Å². The van der Waals surface area contributed by atoms with Gasteiger partial charge in [-0.3, -0.25) is 4.98 Å². The molecule has 1 aliphatic heterocycles. The third-order valence-corrected chi connectivity index (χ3v) is 6.73. The summed E-state index contributed by atoms with van der Waals surface area (Å²) < 4.78 is 32.3. The van der Waals surface area contributed by atoms with Crippen LogP contribution < -0.4 is 15.0 Å². The van der Waals surface area contributed by atoms with E-state index in [0.717, 1.165) is 11.5 Å². The third kappa shape index (κ3) is 5.68. The highest BCUT2D eigenvalue weighted by molar-refractivity contribution is 7.89. The quantitative estimate of drug-likeness (QED) is 0.569. The first-order chi connectivity index (χ1) is 15.1. The van der Waals surface area contributed by atoms with E-state index in [1.54, 1.807) is 12.4 Å². The zero-order valence-electron chi connectivity index (χ0n) is 17.0. The minimum atomic E-state index is -3.37. The Morgan fingerprint density at radius 1 is 0.935 bits per heavy atom. The molecule has 1 fully saturated rings. The van der Waals surface area contributed by atoms with Crippen molar-refractivity contribution in [2.45, 2.75) is 0 Å². The fourth-order valence-corrected chi connectivity index (χ4v) is 4.52. The number of sulfonamides is 1. The maximum absolute atomic E-state index is 12.6. The van der Waals surface area contributed by atoms with Crippen LogP contribution in [-0.2, 0) is 10.0 Å². The van der Waals surface area contributed by atoms with Crippen LogP contribution in [0.1, 0.15) is 0 Å². The van der Waals surface area contributed by atoms with E-state index in [2.05, 4.69) is 20.5 Å². The van der Waals surface area contributed by atoms with Crippen LogP contribution in [0.5, 0.6) is 5.75 Å². The van der Waals surface area contributed by atoms with E-state index in [-0.39, 0.29) is 12.4 Å². The first-order valence-corrected chi connectivity index (χ1v) is 11.6. The molecule has 0 radical (unpaired) electrons. The summed E-state index contributed by atoms with van der Waals surface area (Å²) in [5.74, 6) is 1.97. The van der Waals surface area contributed by atoms with E-state index in [0.29, 0.717) is 37.7 Å². The number of hydrogen-bond donors (Lipinski definition) is 1. The monoisotopic (exact) mass is 440 g/mol. The molecule has 31 heavy (non-hydrogen) atoms. The summed E-state index contributed by atoms with van der Waals surface area (Å²) >= 11 is 0. The number of hydrogen-bond acceptors (Lipinski definition) is 8. The summed E-state index contributed by atoms with van der Waals surface area (Å²) in [4.78, 5) is 6.09. The van der Waals surface area contributed by atoms with Gasteiger partial charge in [0.15, 0.2) is 11.6 Å². The maximum atomic E-state index is 12.6. The second kappa shape index (κ2) is 9.71. The number of benzene rings is 1. The second-order valence-electron chi connectivity index (χ2n) is 7.01. The van der Waals surface area contributed by atoms with Crippen LogP contribution in [0.2, 0.25) is 0 Å². The molecule has 162 valence electrons. The van der Waals surface area contributed by atoms with E-state index >= 15 is 0 Å². The summed E-state index contributed by atoms with van der Waals surface area (Å²) in [6.45, 7) is 2.06. The van der Waals surface area contributed by atoms with Gasteiger partial charge in [-0.15, -0.1) is 10.2 Å². The van der Waals surface area contributed by atoms with E-state index in [4.69, 9.17) is 4.74 Å². The molecule has 3 aromatic rings. The average Bonchev–Trinajstić information content (AvgIpc) is 2.81. The Kier molecular flexibility index (Phi) is 6.58. The van der Waals surface area contributed by atoms with Crippen LogP contribution in [0.15, 0.2) is 67.0 Å². The molecule has 0 aliphatic carbocycles. The Labute approximate surface area is 181 Å². The van der Waals surface area contributed by atoms with Gasteiger partial charge in [0, 0.05) is 32.4 Å². The zero-order valence-corrected chi connectivity index (χ0v) is 17.8. The molecule has 10 heteroatoms. The molecule has 0 unspecified atom stereocenters. The molecule has 0 saturated carbocycles. The highest BCUT2D eigenvalue weighted by Gasteiger charge is 2.27. The Bertz CT molecular complexity index is 1060. The van der Waals surface area contributed by atoms with Crippen LogP contribution >= 0.6 is 0 Å². The van der Waals surface area contributed by atoms with Gasteiger partial charge in [-0.25, -0.2) is 8.42 Å². The van der Waals surface area contributed by atoms with E-state index in [1.165, 1.54) is 4.31 Å². The van der Waals surface area contributed by atoms with Crippen molar-refractivity contribution in [1.82, 2.24) is 19.5 Å². The maximum Gasteiger partial charge on any atom is 0.217 e. The van der Waals surface area contributed by atoms with Gasteiger partial charge in [0.05, 0.1) is 17.6 Å². The molecule has 1 aliphatic rings. The summed E-state index contributed by atoms with van der Waals surface area (Å²) in [7, 11) is -3.37. The average molecular weight is 441 g/mol. The minimum absolute atomic E-state index is 0.0452. The molecule has 0 amide bonds. The summed E-state index contributed by atoms with van der Waals surface area (Å²) in [6.07, 6.45) is 3.41. The molecule has 9 nitrogen and oxygen atoms in total. The Morgan fingerprint density at radius 2 is 1.74 bits per heavy atom. The molecule has 4 rings (SSSR count). The Hall–Kier alpha value is -3.24. The molecular weight excluding hydrogens is 416 g/mol. The van der Waals surface area contributed by atoms with Crippen molar-refractivity contribution < 1.29 is 13.2 Å². The molecule has 0 spiro atoms. The summed E-state index contributed by atoms with van der Waals surface area (Å²) in [5.41, 5.74) is 0.833. The SMILES string of the molecule is O=S(=O)(CCOc1ccccc1)N1CCN(c2ccc(Nc3cccnc3)nn2)CC1. The molecule has 3 heterocycles. The van der Waals surface area contributed by atoms with Crippen LogP contribution in [0.25, 0.3) is 0 Å². The zero-order chi connectivity index (χ0) is 21.5. The lowest BCUT2D eigenvalue weighted by Crippen LogP contribution is -2.50. The topological polar surface area (TPSA) is 101 Å². The molecular formula is C21H24N6O3S.